The van der Waals surface area contributed by atoms with Gasteiger partial charge >= 0.3 is 0 Å². The first-order valence-corrected chi connectivity index (χ1v) is 10.5. The summed E-state index contributed by atoms with van der Waals surface area (Å²) in [6, 6.07) is 8.44. The fourth-order valence-corrected chi connectivity index (χ4v) is 4.79. The number of benzene rings is 1. The molecule has 0 unspecified atom stereocenters. The summed E-state index contributed by atoms with van der Waals surface area (Å²) in [4.78, 5) is 17.2. The van der Waals surface area contributed by atoms with Gasteiger partial charge in [0.15, 0.2) is 0 Å². The maximum absolute atomic E-state index is 12.5. The molecule has 26 heavy (non-hydrogen) atoms. The number of hydrogen-bond donors (Lipinski definition) is 1. The molecular weight excluding hydrogens is 322 g/mol. The molecule has 2 aliphatic rings. The largest absolute Gasteiger partial charge is 0.339 e. The van der Waals surface area contributed by atoms with E-state index in [9.17, 15) is 4.79 Å². The molecular formula is C22H35N3O. The second-order valence-corrected chi connectivity index (χ2v) is 7.87. The minimum Gasteiger partial charge on any atom is -0.339 e. The molecule has 2 fully saturated rings. The van der Waals surface area contributed by atoms with Crippen molar-refractivity contribution in [3.8, 4) is 0 Å². The van der Waals surface area contributed by atoms with Gasteiger partial charge in [0.25, 0.3) is 5.91 Å². The van der Waals surface area contributed by atoms with Crippen LogP contribution in [0, 0.1) is 0 Å². The topological polar surface area (TPSA) is 35.6 Å². The molecule has 1 saturated carbocycles. The Morgan fingerprint density at radius 1 is 1.04 bits per heavy atom. The summed E-state index contributed by atoms with van der Waals surface area (Å²) in [5.41, 5.74) is 2.52. The molecule has 1 heterocycles. The zero-order valence-corrected chi connectivity index (χ0v) is 16.6. The third-order valence-electron chi connectivity index (χ3n) is 6.36. The van der Waals surface area contributed by atoms with Gasteiger partial charge in [-0.1, -0.05) is 31.4 Å². The highest BCUT2D eigenvalue weighted by Crippen LogP contribution is 2.37. The van der Waals surface area contributed by atoms with Crippen LogP contribution in [0.2, 0.25) is 0 Å². The Balaban J connectivity index is 1.73. The quantitative estimate of drug-likeness (QED) is 0.848. The fraction of sp³-hybridized carbons (Fsp3) is 0.682. The molecule has 1 aromatic carbocycles. The average molecular weight is 358 g/mol. The van der Waals surface area contributed by atoms with Gasteiger partial charge in [-0.25, -0.2) is 0 Å². The maximum atomic E-state index is 12.5. The van der Waals surface area contributed by atoms with E-state index in [1.807, 2.05) is 30.9 Å². The lowest BCUT2D eigenvalue weighted by Crippen LogP contribution is -2.58. The molecule has 0 bridgehead atoms. The lowest BCUT2D eigenvalue weighted by molar-refractivity contribution is 0.0393. The van der Waals surface area contributed by atoms with E-state index < -0.39 is 0 Å². The van der Waals surface area contributed by atoms with E-state index in [0.29, 0.717) is 5.54 Å². The summed E-state index contributed by atoms with van der Waals surface area (Å²) in [6.45, 7) is 10.2. The van der Waals surface area contributed by atoms with E-state index >= 15 is 0 Å². The van der Waals surface area contributed by atoms with Gasteiger partial charge in [-0.15, -0.1) is 0 Å². The number of hydrogen-bond acceptors (Lipinski definition) is 3. The lowest BCUT2D eigenvalue weighted by atomic mass is 9.75. The Bertz CT molecular complexity index is 568. The second kappa shape index (κ2) is 9.01. The SMILES string of the molecule is CCN(CC)C(=O)c1ccc(CC2(N3CCNCC3)CCCCC2)cc1. The molecule has 4 nitrogen and oxygen atoms in total. The Labute approximate surface area is 158 Å². The minimum absolute atomic E-state index is 0.149. The Morgan fingerprint density at radius 3 is 2.23 bits per heavy atom. The van der Waals surface area contributed by atoms with Crippen molar-refractivity contribution >= 4 is 5.91 Å². The Hall–Kier alpha value is -1.39. The maximum Gasteiger partial charge on any atom is 0.253 e. The Kier molecular flexibility index (Phi) is 6.71. The Morgan fingerprint density at radius 2 is 1.65 bits per heavy atom. The van der Waals surface area contributed by atoms with Crippen LogP contribution in [0.15, 0.2) is 24.3 Å². The number of nitrogens with one attached hydrogen (secondary N) is 1. The lowest BCUT2D eigenvalue weighted by Gasteiger charge is -2.48. The molecule has 3 rings (SSSR count). The van der Waals surface area contributed by atoms with Gasteiger partial charge in [0.1, 0.15) is 0 Å². The third-order valence-corrected chi connectivity index (χ3v) is 6.36. The highest BCUT2D eigenvalue weighted by Gasteiger charge is 2.38. The normalized spacial score (nSPS) is 20.7. The summed E-state index contributed by atoms with van der Waals surface area (Å²) in [5, 5.41) is 3.49. The standard InChI is InChI=1S/C22H35N3O/c1-3-24(4-2)21(26)20-10-8-19(9-11-20)18-22(12-6-5-7-13-22)25-16-14-23-15-17-25/h8-11,23H,3-7,12-18H2,1-2H3. The molecule has 144 valence electrons. The smallest absolute Gasteiger partial charge is 0.253 e. The van der Waals surface area contributed by atoms with Crippen molar-refractivity contribution in [1.82, 2.24) is 15.1 Å². The fourth-order valence-electron chi connectivity index (χ4n) is 4.79. The summed E-state index contributed by atoms with van der Waals surface area (Å²) >= 11 is 0. The van der Waals surface area contributed by atoms with Crippen molar-refractivity contribution in [2.75, 3.05) is 39.3 Å². The molecule has 0 radical (unpaired) electrons. The summed E-state index contributed by atoms with van der Waals surface area (Å²) in [7, 11) is 0. The molecule has 1 amide bonds. The first-order valence-electron chi connectivity index (χ1n) is 10.5. The predicted octanol–water partition coefficient (Wildman–Crippen LogP) is 3.32. The minimum atomic E-state index is 0.149. The van der Waals surface area contributed by atoms with Crippen LogP contribution in [-0.2, 0) is 6.42 Å². The van der Waals surface area contributed by atoms with Gasteiger partial charge in [-0.05, 0) is 50.8 Å². The van der Waals surface area contributed by atoms with Crippen LogP contribution in [0.25, 0.3) is 0 Å². The predicted molar refractivity (Wildman–Crippen MR) is 108 cm³/mol. The first kappa shape index (κ1) is 19.4. The number of carbonyl (C=O) groups excluding carboxylic acids is 1. The molecule has 1 aliphatic heterocycles. The van der Waals surface area contributed by atoms with Crippen molar-refractivity contribution in [2.45, 2.75) is 57.9 Å². The van der Waals surface area contributed by atoms with Gasteiger partial charge in [-0.2, -0.15) is 0 Å². The highest BCUT2D eigenvalue weighted by atomic mass is 16.2. The van der Waals surface area contributed by atoms with Gasteiger partial charge in [0, 0.05) is 50.4 Å². The molecule has 0 spiro atoms. The first-order chi connectivity index (χ1) is 12.7. The van der Waals surface area contributed by atoms with Crippen LogP contribution in [0.1, 0.15) is 61.9 Å². The summed E-state index contributed by atoms with van der Waals surface area (Å²) in [6.07, 6.45) is 7.82. The molecule has 4 heteroatoms. The van der Waals surface area contributed by atoms with Gasteiger partial charge in [0.05, 0.1) is 0 Å². The molecule has 1 N–H and O–H groups in total. The van der Waals surface area contributed by atoms with E-state index in [4.69, 9.17) is 0 Å². The number of carbonyl (C=O) groups is 1. The van der Waals surface area contributed by atoms with Gasteiger partial charge in [-0.3, -0.25) is 9.69 Å². The molecule has 1 aliphatic carbocycles. The number of amides is 1. The highest BCUT2D eigenvalue weighted by molar-refractivity contribution is 5.94. The van der Waals surface area contributed by atoms with Gasteiger partial charge < -0.3 is 10.2 Å². The van der Waals surface area contributed by atoms with E-state index in [1.165, 1.54) is 50.8 Å². The van der Waals surface area contributed by atoms with Crippen LogP contribution in [-0.4, -0.2) is 60.5 Å². The van der Waals surface area contributed by atoms with E-state index in [-0.39, 0.29) is 5.91 Å². The second-order valence-electron chi connectivity index (χ2n) is 7.87. The van der Waals surface area contributed by atoms with Crippen molar-refractivity contribution in [3.63, 3.8) is 0 Å². The number of rotatable bonds is 6. The molecule has 1 aromatic rings. The van der Waals surface area contributed by atoms with Crippen LogP contribution in [0.4, 0.5) is 0 Å². The molecule has 1 saturated heterocycles. The van der Waals surface area contributed by atoms with Crippen LogP contribution < -0.4 is 5.32 Å². The van der Waals surface area contributed by atoms with Crippen LogP contribution >= 0.6 is 0 Å². The molecule has 0 aromatic heterocycles. The van der Waals surface area contributed by atoms with Crippen LogP contribution in [0.3, 0.4) is 0 Å². The van der Waals surface area contributed by atoms with Crippen molar-refractivity contribution in [3.05, 3.63) is 35.4 Å². The van der Waals surface area contributed by atoms with Gasteiger partial charge in [0.2, 0.25) is 0 Å². The zero-order chi connectivity index (χ0) is 18.4. The van der Waals surface area contributed by atoms with E-state index in [0.717, 1.165) is 38.2 Å². The average Bonchev–Trinajstić information content (AvgIpc) is 2.71. The van der Waals surface area contributed by atoms with Crippen molar-refractivity contribution in [2.24, 2.45) is 0 Å². The van der Waals surface area contributed by atoms with Crippen molar-refractivity contribution in [1.29, 1.82) is 0 Å². The zero-order valence-electron chi connectivity index (χ0n) is 16.6. The van der Waals surface area contributed by atoms with E-state index in [1.54, 1.807) is 0 Å². The number of piperazine rings is 1. The third kappa shape index (κ3) is 4.29. The molecule has 0 atom stereocenters. The van der Waals surface area contributed by atoms with Crippen LogP contribution in [0.5, 0.6) is 0 Å². The number of nitrogens with zero attached hydrogens (tertiary/aromatic N) is 2. The monoisotopic (exact) mass is 357 g/mol. The van der Waals surface area contributed by atoms with Crippen molar-refractivity contribution < 1.29 is 4.79 Å². The summed E-state index contributed by atoms with van der Waals surface area (Å²) < 4.78 is 0. The van der Waals surface area contributed by atoms with E-state index in [2.05, 4.69) is 22.3 Å². The summed E-state index contributed by atoms with van der Waals surface area (Å²) in [5.74, 6) is 0.149.